The summed E-state index contributed by atoms with van der Waals surface area (Å²) in [5.74, 6) is 5.94. The van der Waals surface area contributed by atoms with Crippen molar-refractivity contribution in [3.8, 4) is 11.8 Å². The lowest BCUT2D eigenvalue weighted by atomic mass is 9.69. The van der Waals surface area contributed by atoms with Gasteiger partial charge in [-0.2, -0.15) is 0 Å². The van der Waals surface area contributed by atoms with E-state index < -0.39 is 0 Å². The summed E-state index contributed by atoms with van der Waals surface area (Å²) in [4.78, 5) is 12.5. The zero-order chi connectivity index (χ0) is 13.6. The number of carbonyl (C=O) groups excluding carboxylic acids is 1. The monoisotopic (exact) mass is 252 g/mol. The van der Waals surface area contributed by atoms with E-state index >= 15 is 0 Å². The van der Waals surface area contributed by atoms with E-state index in [9.17, 15) is 4.79 Å². The summed E-state index contributed by atoms with van der Waals surface area (Å²) in [5.41, 5.74) is 0.641. The number of benzene rings is 1. The summed E-state index contributed by atoms with van der Waals surface area (Å²) in [7, 11) is 0. The lowest BCUT2D eigenvalue weighted by molar-refractivity contribution is -0.124. The Hall–Kier alpha value is -1.81. The van der Waals surface area contributed by atoms with Crippen LogP contribution in [0.2, 0.25) is 0 Å². The highest BCUT2D eigenvalue weighted by Crippen LogP contribution is 2.40. The van der Waals surface area contributed by atoms with Crippen molar-refractivity contribution in [3.05, 3.63) is 48.6 Å². The Labute approximate surface area is 115 Å². The number of Topliss-reactive ketones (excluding diaryl/α,β-unsaturated/α-hetero) is 1. The topological polar surface area (TPSA) is 17.1 Å². The predicted octanol–water partition coefficient (Wildman–Crippen LogP) is 4.13. The first-order valence-electron chi connectivity index (χ1n) is 6.99. The maximum atomic E-state index is 12.5. The fourth-order valence-electron chi connectivity index (χ4n) is 2.81. The first-order chi connectivity index (χ1) is 9.27. The number of hydrogen-bond donors (Lipinski definition) is 0. The smallest absolute Gasteiger partial charge is 0.212 e. The summed E-state index contributed by atoms with van der Waals surface area (Å²) in [5, 5.41) is 0. The van der Waals surface area contributed by atoms with Crippen LogP contribution in [0.1, 0.15) is 44.1 Å². The molecule has 1 saturated carbocycles. The van der Waals surface area contributed by atoms with Gasteiger partial charge in [0.15, 0.2) is 0 Å². The molecule has 0 atom stereocenters. The standard InChI is InChI=1S/C18H20O/c1-2-13-18(14-7-4-8-15-18)17(19)12-11-16-9-5-3-6-10-16/h2-3,5-6,9-10H,1,4,7-8,13-15H2. The van der Waals surface area contributed by atoms with Gasteiger partial charge in [-0.25, -0.2) is 0 Å². The molecule has 0 heterocycles. The average Bonchev–Trinajstić information content (AvgIpc) is 2.47. The minimum Gasteiger partial charge on any atom is -0.284 e. The predicted molar refractivity (Wildman–Crippen MR) is 78.7 cm³/mol. The van der Waals surface area contributed by atoms with Crippen molar-refractivity contribution in [2.24, 2.45) is 5.41 Å². The van der Waals surface area contributed by atoms with E-state index in [-0.39, 0.29) is 11.2 Å². The quantitative estimate of drug-likeness (QED) is 0.584. The van der Waals surface area contributed by atoms with Gasteiger partial charge in [-0.1, -0.05) is 49.5 Å². The van der Waals surface area contributed by atoms with E-state index in [0.717, 1.165) is 37.7 Å². The molecule has 1 fully saturated rings. The second-order valence-corrected chi connectivity index (χ2v) is 5.28. The third-order valence-corrected chi connectivity index (χ3v) is 3.92. The molecule has 1 nitrogen and oxygen atoms in total. The summed E-state index contributed by atoms with van der Waals surface area (Å²) >= 11 is 0. The van der Waals surface area contributed by atoms with Crippen molar-refractivity contribution in [2.75, 3.05) is 0 Å². The minimum atomic E-state index is -0.262. The van der Waals surface area contributed by atoms with Crippen molar-refractivity contribution in [1.29, 1.82) is 0 Å². The molecule has 1 aliphatic carbocycles. The maximum Gasteiger partial charge on any atom is 0.212 e. The van der Waals surface area contributed by atoms with E-state index in [1.807, 2.05) is 36.4 Å². The Kier molecular flexibility index (Phi) is 4.58. The van der Waals surface area contributed by atoms with Crippen LogP contribution in [0.5, 0.6) is 0 Å². The van der Waals surface area contributed by atoms with Crippen LogP contribution >= 0.6 is 0 Å². The molecule has 2 rings (SSSR count). The third-order valence-electron chi connectivity index (χ3n) is 3.92. The molecule has 1 aliphatic rings. The van der Waals surface area contributed by atoms with Gasteiger partial charge in [0.1, 0.15) is 0 Å². The van der Waals surface area contributed by atoms with Crippen molar-refractivity contribution >= 4 is 5.78 Å². The molecule has 0 bridgehead atoms. The first-order valence-corrected chi connectivity index (χ1v) is 6.99. The Bertz CT molecular complexity index is 495. The van der Waals surface area contributed by atoms with Crippen LogP contribution < -0.4 is 0 Å². The molecule has 0 unspecified atom stereocenters. The molecular formula is C18H20O. The molecular weight excluding hydrogens is 232 g/mol. The van der Waals surface area contributed by atoms with Gasteiger partial charge >= 0.3 is 0 Å². The molecule has 0 aromatic heterocycles. The van der Waals surface area contributed by atoms with Crippen molar-refractivity contribution in [1.82, 2.24) is 0 Å². The average molecular weight is 252 g/mol. The van der Waals surface area contributed by atoms with Crippen molar-refractivity contribution < 1.29 is 4.79 Å². The summed E-state index contributed by atoms with van der Waals surface area (Å²) in [6, 6.07) is 9.69. The molecule has 0 N–H and O–H groups in total. The molecule has 1 aromatic carbocycles. The third kappa shape index (κ3) is 3.35. The lowest BCUT2D eigenvalue weighted by Crippen LogP contribution is -2.32. The first kappa shape index (κ1) is 13.6. The van der Waals surface area contributed by atoms with Crippen LogP contribution in [0.15, 0.2) is 43.0 Å². The summed E-state index contributed by atoms with van der Waals surface area (Å²) < 4.78 is 0. The highest BCUT2D eigenvalue weighted by Gasteiger charge is 2.37. The number of rotatable bonds is 3. The molecule has 98 valence electrons. The maximum absolute atomic E-state index is 12.5. The van der Waals surface area contributed by atoms with Crippen LogP contribution in [-0.2, 0) is 4.79 Å². The second kappa shape index (κ2) is 6.38. The highest BCUT2D eigenvalue weighted by atomic mass is 16.1. The van der Waals surface area contributed by atoms with Crippen LogP contribution in [0.25, 0.3) is 0 Å². The zero-order valence-corrected chi connectivity index (χ0v) is 11.3. The van der Waals surface area contributed by atoms with Gasteiger partial charge in [0.25, 0.3) is 0 Å². The normalized spacial score (nSPS) is 17.1. The van der Waals surface area contributed by atoms with Gasteiger partial charge in [0, 0.05) is 11.0 Å². The molecule has 1 heteroatoms. The number of allylic oxidation sites excluding steroid dienone is 1. The number of carbonyl (C=O) groups is 1. The molecule has 0 amide bonds. The van der Waals surface area contributed by atoms with Crippen LogP contribution in [0, 0.1) is 17.3 Å². The van der Waals surface area contributed by atoms with E-state index in [1.54, 1.807) is 0 Å². The van der Waals surface area contributed by atoms with Crippen molar-refractivity contribution in [3.63, 3.8) is 0 Å². The lowest BCUT2D eigenvalue weighted by Gasteiger charge is -2.33. The number of ketones is 1. The Morgan fingerprint density at radius 3 is 2.53 bits per heavy atom. The Morgan fingerprint density at radius 1 is 1.21 bits per heavy atom. The SMILES string of the molecule is C=CCC1(C(=O)C#Cc2ccccc2)CCCCC1. The highest BCUT2D eigenvalue weighted by molar-refractivity contribution is 6.00. The molecule has 0 saturated heterocycles. The second-order valence-electron chi connectivity index (χ2n) is 5.28. The fraction of sp³-hybridized carbons (Fsp3) is 0.389. The van der Waals surface area contributed by atoms with Gasteiger partial charge in [-0.05, 0) is 37.3 Å². The van der Waals surface area contributed by atoms with E-state index in [4.69, 9.17) is 0 Å². The van der Waals surface area contributed by atoms with Crippen LogP contribution in [0.4, 0.5) is 0 Å². The Balaban J connectivity index is 2.16. The van der Waals surface area contributed by atoms with Gasteiger partial charge in [0.2, 0.25) is 5.78 Å². The molecule has 0 aliphatic heterocycles. The Morgan fingerprint density at radius 2 is 1.89 bits per heavy atom. The van der Waals surface area contributed by atoms with E-state index in [1.165, 1.54) is 6.42 Å². The minimum absolute atomic E-state index is 0.0935. The van der Waals surface area contributed by atoms with E-state index in [2.05, 4.69) is 18.4 Å². The van der Waals surface area contributed by atoms with Crippen molar-refractivity contribution in [2.45, 2.75) is 38.5 Å². The zero-order valence-electron chi connectivity index (χ0n) is 11.3. The van der Waals surface area contributed by atoms with Gasteiger partial charge in [-0.15, -0.1) is 6.58 Å². The molecule has 0 spiro atoms. The molecule has 1 aromatic rings. The summed E-state index contributed by atoms with van der Waals surface area (Å²) in [6.45, 7) is 3.80. The van der Waals surface area contributed by atoms with E-state index in [0.29, 0.717) is 0 Å². The molecule has 0 radical (unpaired) electrons. The largest absolute Gasteiger partial charge is 0.284 e. The van der Waals surface area contributed by atoms with Crippen LogP contribution in [0.3, 0.4) is 0 Å². The molecule has 19 heavy (non-hydrogen) atoms. The van der Waals surface area contributed by atoms with Gasteiger partial charge < -0.3 is 0 Å². The number of hydrogen-bond acceptors (Lipinski definition) is 1. The van der Waals surface area contributed by atoms with Gasteiger partial charge in [-0.3, -0.25) is 4.79 Å². The summed E-state index contributed by atoms with van der Waals surface area (Å²) in [6.07, 6.45) is 8.04. The van der Waals surface area contributed by atoms with Crippen LogP contribution in [-0.4, -0.2) is 5.78 Å². The van der Waals surface area contributed by atoms with Gasteiger partial charge in [0.05, 0.1) is 0 Å². The fourth-order valence-corrected chi connectivity index (χ4v) is 2.81.